The number of benzene rings is 1. The Balaban J connectivity index is 1.61. The fourth-order valence-corrected chi connectivity index (χ4v) is 5.17. The van der Waals surface area contributed by atoms with Crippen molar-refractivity contribution in [2.75, 3.05) is 24.7 Å². The summed E-state index contributed by atoms with van der Waals surface area (Å²) in [5.41, 5.74) is 8.18. The fraction of sp³-hybridized carbons (Fsp3) is 0.391. The van der Waals surface area contributed by atoms with Gasteiger partial charge >= 0.3 is 0 Å². The smallest absolute Gasteiger partial charge is 0.284 e. The molecule has 0 bridgehead atoms. The third-order valence-corrected chi connectivity index (χ3v) is 6.96. The Hall–Kier alpha value is -3.47. The molecule has 0 fully saturated rings. The van der Waals surface area contributed by atoms with Crippen LogP contribution in [-0.4, -0.2) is 48.4 Å². The van der Waals surface area contributed by atoms with E-state index < -0.39 is 0 Å². The van der Waals surface area contributed by atoms with Gasteiger partial charge in [-0.1, -0.05) is 36.4 Å². The maximum Gasteiger partial charge on any atom is 0.284 e. The molecule has 1 atom stereocenters. The highest BCUT2D eigenvalue weighted by Gasteiger charge is 2.28. The Kier molecular flexibility index (Phi) is 5.94. The number of rotatable bonds is 5. The molecule has 176 valence electrons. The first kappa shape index (κ1) is 22.3. The summed E-state index contributed by atoms with van der Waals surface area (Å²) in [6.45, 7) is 2.83. The fourth-order valence-electron chi connectivity index (χ4n) is 4.18. The molecule has 0 saturated carbocycles. The molecule has 10 nitrogen and oxygen atoms in total. The third-order valence-electron chi connectivity index (χ3n) is 5.87. The van der Waals surface area contributed by atoms with Crippen LogP contribution in [0.1, 0.15) is 43.0 Å². The number of hydrogen-bond donors (Lipinski definition) is 1. The number of thioether (sulfide) groups is 1. The van der Waals surface area contributed by atoms with Gasteiger partial charge in [0.2, 0.25) is 11.9 Å². The molecule has 3 aliphatic rings. The van der Waals surface area contributed by atoms with Crippen molar-refractivity contribution in [1.29, 1.82) is 0 Å². The molecule has 34 heavy (non-hydrogen) atoms. The van der Waals surface area contributed by atoms with Gasteiger partial charge in [-0.15, -0.1) is 5.10 Å². The average molecular weight is 478 g/mol. The quantitative estimate of drug-likeness (QED) is 0.341. The lowest BCUT2D eigenvalue weighted by Crippen LogP contribution is -2.19. The number of nitrogens with two attached hydrogens (primary N) is 1. The average Bonchev–Trinajstić information content (AvgIpc) is 2.99. The Labute approximate surface area is 201 Å². The van der Waals surface area contributed by atoms with Crippen molar-refractivity contribution in [3.8, 4) is 17.1 Å². The van der Waals surface area contributed by atoms with Crippen molar-refractivity contribution in [1.82, 2.24) is 34.3 Å². The molecule has 2 aromatic rings. The number of para-hydroxylation sites is 1. The van der Waals surface area contributed by atoms with Gasteiger partial charge in [-0.3, -0.25) is 4.79 Å². The largest absolute Gasteiger partial charge is 0.368 e. The summed E-state index contributed by atoms with van der Waals surface area (Å²) in [4.78, 5) is 33.2. The lowest BCUT2D eigenvalue weighted by atomic mass is 10.1. The monoisotopic (exact) mass is 477 g/mol. The van der Waals surface area contributed by atoms with E-state index in [1.165, 1.54) is 4.68 Å². The van der Waals surface area contributed by atoms with Crippen molar-refractivity contribution < 1.29 is 0 Å². The van der Waals surface area contributed by atoms with Gasteiger partial charge in [0.15, 0.2) is 11.0 Å². The molecule has 1 aromatic carbocycles. The van der Waals surface area contributed by atoms with Gasteiger partial charge in [0.25, 0.3) is 5.56 Å². The minimum Gasteiger partial charge on any atom is -0.368 e. The van der Waals surface area contributed by atoms with Gasteiger partial charge in [-0.2, -0.15) is 19.6 Å². The molecule has 4 heterocycles. The van der Waals surface area contributed by atoms with Crippen LogP contribution in [0.5, 0.6) is 0 Å². The molecule has 0 radical (unpaired) electrons. The number of aromatic nitrogens is 7. The molecule has 3 aliphatic heterocycles. The molecule has 11 heteroatoms. The van der Waals surface area contributed by atoms with Gasteiger partial charge in [0, 0.05) is 26.3 Å². The Bertz CT molecular complexity index is 1350. The number of hydrogen-bond acceptors (Lipinski definition) is 9. The van der Waals surface area contributed by atoms with Crippen LogP contribution in [0.25, 0.3) is 17.1 Å². The van der Waals surface area contributed by atoms with Gasteiger partial charge in [0.1, 0.15) is 11.4 Å². The highest BCUT2D eigenvalue weighted by molar-refractivity contribution is 7.99. The second-order valence-electron chi connectivity index (χ2n) is 8.56. The summed E-state index contributed by atoms with van der Waals surface area (Å²) in [5, 5.41) is 5.29. The molecule has 5 rings (SSSR count). The van der Waals surface area contributed by atoms with Crippen LogP contribution >= 0.6 is 11.8 Å². The summed E-state index contributed by atoms with van der Waals surface area (Å²) in [7, 11) is 3.73. The first-order valence-corrected chi connectivity index (χ1v) is 12.2. The van der Waals surface area contributed by atoms with Crippen LogP contribution in [0.4, 0.5) is 11.9 Å². The van der Waals surface area contributed by atoms with E-state index >= 15 is 0 Å². The van der Waals surface area contributed by atoms with E-state index in [4.69, 9.17) is 10.7 Å². The number of nitrogens with zero attached hydrogens (tertiary/aromatic N) is 8. The van der Waals surface area contributed by atoms with Crippen LogP contribution in [0.3, 0.4) is 0 Å². The van der Waals surface area contributed by atoms with E-state index in [2.05, 4.69) is 24.6 Å². The molecule has 1 unspecified atom stereocenters. The lowest BCUT2D eigenvalue weighted by molar-refractivity contribution is 0.570. The maximum absolute atomic E-state index is 13.4. The van der Waals surface area contributed by atoms with E-state index in [1.807, 2.05) is 51.4 Å². The summed E-state index contributed by atoms with van der Waals surface area (Å²) in [5.74, 6) is 1.77. The number of anilines is 2. The lowest BCUT2D eigenvalue weighted by Gasteiger charge is -2.20. The Morgan fingerprint density at radius 1 is 1.06 bits per heavy atom. The summed E-state index contributed by atoms with van der Waals surface area (Å²) < 4.78 is 3.64. The van der Waals surface area contributed by atoms with Crippen LogP contribution < -0.4 is 16.2 Å². The molecule has 2 N–H and O–H groups in total. The summed E-state index contributed by atoms with van der Waals surface area (Å²) in [6.07, 6.45) is 4.00. The number of fused-ring (bicyclic) bond motifs is 3. The Morgan fingerprint density at radius 3 is 2.62 bits per heavy atom. The third kappa shape index (κ3) is 4.11. The minimum atomic E-state index is -0.128. The van der Waals surface area contributed by atoms with Crippen molar-refractivity contribution >= 4 is 23.7 Å². The normalized spacial score (nSPS) is 14.6. The van der Waals surface area contributed by atoms with Crippen LogP contribution in [-0.2, 0) is 13.0 Å². The standard InChI is InChI=1S/C23H27N9OS/c1-14(18-25-21(24)28-22(26-18)30(2)3)34-23-27-19-17(16-12-8-5-9-13-31(16)23)20(33)32(29-19)15-10-6-4-7-11-15/h4,6-7,10-11,14H,5,8-9,12-13H2,1-3H3,(H2,24,25,26,28). The summed E-state index contributed by atoms with van der Waals surface area (Å²) in [6, 6.07) is 9.47. The Morgan fingerprint density at radius 2 is 1.85 bits per heavy atom. The first-order chi connectivity index (χ1) is 16.4. The van der Waals surface area contributed by atoms with Crippen LogP contribution in [0.2, 0.25) is 0 Å². The topological polar surface area (TPSA) is 121 Å². The maximum atomic E-state index is 13.4. The molecular weight excluding hydrogens is 450 g/mol. The minimum absolute atomic E-state index is 0.121. The zero-order valence-corrected chi connectivity index (χ0v) is 20.3. The molecule has 0 aliphatic carbocycles. The SMILES string of the molecule is CC(Sc1nc2nn(-c3ccccc3)c(=O)c-2c2n1CCCCC2)c1nc(N)nc(N(C)C)n1. The molecule has 0 amide bonds. The highest BCUT2D eigenvalue weighted by atomic mass is 32.2. The molecular formula is C23H27N9OS. The van der Waals surface area contributed by atoms with Crippen molar-refractivity contribution in [2.45, 2.75) is 49.6 Å². The van der Waals surface area contributed by atoms with E-state index in [1.54, 1.807) is 16.7 Å². The second-order valence-corrected chi connectivity index (χ2v) is 9.87. The summed E-state index contributed by atoms with van der Waals surface area (Å²) >= 11 is 1.55. The van der Waals surface area contributed by atoms with Crippen molar-refractivity contribution in [2.24, 2.45) is 0 Å². The van der Waals surface area contributed by atoms with Gasteiger partial charge < -0.3 is 15.2 Å². The molecule has 1 aromatic heterocycles. The van der Waals surface area contributed by atoms with Crippen molar-refractivity contribution in [3.05, 3.63) is 52.2 Å². The highest BCUT2D eigenvalue weighted by Crippen LogP contribution is 2.37. The second kappa shape index (κ2) is 9.05. The predicted octanol–water partition coefficient (Wildman–Crippen LogP) is 2.95. The van der Waals surface area contributed by atoms with Gasteiger partial charge in [-0.05, 0) is 38.3 Å². The van der Waals surface area contributed by atoms with Crippen molar-refractivity contribution in [3.63, 3.8) is 0 Å². The molecule has 0 spiro atoms. The first-order valence-electron chi connectivity index (χ1n) is 11.4. The van der Waals surface area contributed by atoms with E-state index in [-0.39, 0.29) is 16.8 Å². The van der Waals surface area contributed by atoms with E-state index in [0.717, 1.165) is 48.8 Å². The zero-order chi connectivity index (χ0) is 23.8. The van der Waals surface area contributed by atoms with Crippen LogP contribution in [0.15, 0.2) is 40.3 Å². The van der Waals surface area contributed by atoms with Crippen LogP contribution in [0, 0.1) is 0 Å². The molecule has 0 saturated heterocycles. The predicted molar refractivity (Wildman–Crippen MR) is 133 cm³/mol. The zero-order valence-electron chi connectivity index (χ0n) is 19.5. The number of nitrogen functional groups attached to an aromatic ring is 1. The van der Waals surface area contributed by atoms with Gasteiger partial charge in [-0.25, -0.2) is 4.98 Å². The van der Waals surface area contributed by atoms with E-state index in [0.29, 0.717) is 23.2 Å². The van der Waals surface area contributed by atoms with Gasteiger partial charge in [0.05, 0.1) is 10.9 Å². The van der Waals surface area contributed by atoms with E-state index in [9.17, 15) is 4.79 Å².